The predicted molar refractivity (Wildman–Crippen MR) is 154 cm³/mol. The Morgan fingerprint density at radius 2 is 1.54 bits per heavy atom. The fourth-order valence-electron chi connectivity index (χ4n) is 4.30. The number of carbonyl (C=O) groups is 3. The summed E-state index contributed by atoms with van der Waals surface area (Å²) in [5.74, 6) is -1.88. The number of ether oxygens (including phenoxy) is 1. The minimum atomic E-state index is -0.625. The highest BCUT2D eigenvalue weighted by molar-refractivity contribution is 5.86. The van der Waals surface area contributed by atoms with Crippen molar-refractivity contribution in [3.8, 4) is 0 Å². The summed E-state index contributed by atoms with van der Waals surface area (Å²) < 4.78 is 5.66. The van der Waals surface area contributed by atoms with Crippen molar-refractivity contribution in [3.05, 3.63) is 97.1 Å². The second-order valence-electron chi connectivity index (χ2n) is 9.81. The average Bonchev–Trinajstić information content (AvgIpc) is 2.94. The summed E-state index contributed by atoms with van der Waals surface area (Å²) in [6.07, 6.45) is 5.51. The topological polar surface area (TPSA) is 105 Å². The van der Waals surface area contributed by atoms with Gasteiger partial charge in [0.05, 0.1) is 31.0 Å². The Bertz CT molecular complexity index is 1040. The standard InChI is InChI=1S/C32H42N2O5/c1-4-6-18-28(19-25-14-9-7-10-15-25)32(38)39-24(3)22-33-31(37)27(13-5-2)21-30(36)34-29(23-35)20-26-16-11-8-12-17-26/h4-5,7-12,14-17,24,27-29,35H,1-2,6,13,18-23H2,3H3,(H,33,37)(H,34,36). The lowest BCUT2D eigenvalue weighted by Crippen LogP contribution is -2.42. The van der Waals surface area contributed by atoms with Crippen LogP contribution in [0.3, 0.4) is 0 Å². The van der Waals surface area contributed by atoms with Crippen LogP contribution in [0.1, 0.15) is 43.7 Å². The molecule has 0 spiro atoms. The Kier molecular flexibility index (Phi) is 14.3. The van der Waals surface area contributed by atoms with Crippen molar-refractivity contribution in [3.63, 3.8) is 0 Å². The lowest BCUT2D eigenvalue weighted by Gasteiger charge is -2.22. The van der Waals surface area contributed by atoms with E-state index in [1.54, 1.807) is 19.1 Å². The average molecular weight is 535 g/mol. The molecule has 2 aromatic carbocycles. The Morgan fingerprint density at radius 3 is 2.10 bits per heavy atom. The smallest absolute Gasteiger partial charge is 0.309 e. The third-order valence-electron chi connectivity index (χ3n) is 6.42. The van der Waals surface area contributed by atoms with Gasteiger partial charge in [0.15, 0.2) is 0 Å². The van der Waals surface area contributed by atoms with E-state index in [2.05, 4.69) is 23.8 Å². The monoisotopic (exact) mass is 534 g/mol. The van der Waals surface area contributed by atoms with Gasteiger partial charge in [-0.15, -0.1) is 13.2 Å². The molecule has 7 nitrogen and oxygen atoms in total. The number of carbonyl (C=O) groups excluding carboxylic acids is 3. The van der Waals surface area contributed by atoms with E-state index in [4.69, 9.17) is 4.74 Å². The number of allylic oxidation sites excluding steroid dienone is 2. The molecule has 0 radical (unpaired) electrons. The Hall–Kier alpha value is -3.71. The van der Waals surface area contributed by atoms with Gasteiger partial charge in [-0.05, 0) is 50.2 Å². The maximum atomic E-state index is 12.9. The van der Waals surface area contributed by atoms with Gasteiger partial charge in [-0.3, -0.25) is 14.4 Å². The molecule has 0 fully saturated rings. The molecule has 2 aromatic rings. The van der Waals surface area contributed by atoms with Gasteiger partial charge in [0.1, 0.15) is 6.10 Å². The van der Waals surface area contributed by atoms with Crippen LogP contribution in [0.2, 0.25) is 0 Å². The predicted octanol–water partition coefficient (Wildman–Crippen LogP) is 4.16. The van der Waals surface area contributed by atoms with Gasteiger partial charge >= 0.3 is 5.97 Å². The second-order valence-corrected chi connectivity index (χ2v) is 9.81. The number of rotatable bonds is 18. The first-order valence-corrected chi connectivity index (χ1v) is 13.5. The lowest BCUT2D eigenvalue weighted by atomic mass is 9.95. The number of aliphatic hydroxyl groups is 1. The summed E-state index contributed by atoms with van der Waals surface area (Å²) in [6.45, 7) is 9.12. The molecule has 2 rings (SSSR count). The molecule has 2 amide bonds. The number of benzene rings is 2. The normalized spacial score (nSPS) is 13.8. The summed E-state index contributed by atoms with van der Waals surface area (Å²) >= 11 is 0. The lowest BCUT2D eigenvalue weighted by molar-refractivity contribution is -0.153. The molecule has 7 heteroatoms. The van der Waals surface area contributed by atoms with Crippen molar-refractivity contribution in [1.29, 1.82) is 0 Å². The van der Waals surface area contributed by atoms with Crippen LogP contribution in [0, 0.1) is 11.8 Å². The Labute approximate surface area is 232 Å². The van der Waals surface area contributed by atoms with E-state index in [-0.39, 0.29) is 43.3 Å². The van der Waals surface area contributed by atoms with Crippen LogP contribution in [-0.2, 0) is 32.0 Å². The summed E-state index contributed by atoms with van der Waals surface area (Å²) in [5.41, 5.74) is 2.05. The van der Waals surface area contributed by atoms with Gasteiger partial charge in [0, 0.05) is 6.42 Å². The van der Waals surface area contributed by atoms with Gasteiger partial charge < -0.3 is 20.5 Å². The van der Waals surface area contributed by atoms with Crippen molar-refractivity contribution in [2.75, 3.05) is 13.2 Å². The van der Waals surface area contributed by atoms with Crippen LogP contribution >= 0.6 is 0 Å². The first-order valence-electron chi connectivity index (χ1n) is 13.5. The molecule has 0 saturated carbocycles. The maximum absolute atomic E-state index is 12.9. The third-order valence-corrected chi connectivity index (χ3v) is 6.42. The zero-order valence-corrected chi connectivity index (χ0v) is 22.9. The molecule has 0 aliphatic carbocycles. The highest BCUT2D eigenvalue weighted by Gasteiger charge is 2.25. The number of hydrogen-bond acceptors (Lipinski definition) is 5. The number of esters is 1. The van der Waals surface area contributed by atoms with Crippen LogP contribution in [0.5, 0.6) is 0 Å². The Balaban J connectivity index is 1.86. The van der Waals surface area contributed by atoms with Crippen molar-refractivity contribution >= 4 is 17.8 Å². The second kappa shape index (κ2) is 17.7. The SMILES string of the molecule is C=CCCC(Cc1ccccc1)C(=O)OC(C)CNC(=O)C(CC=C)CC(=O)NC(CO)Cc1ccccc1. The largest absolute Gasteiger partial charge is 0.461 e. The molecule has 0 aromatic heterocycles. The van der Waals surface area contributed by atoms with E-state index >= 15 is 0 Å². The molecule has 0 aliphatic heterocycles. The molecule has 4 unspecified atom stereocenters. The minimum absolute atomic E-state index is 0.0436. The van der Waals surface area contributed by atoms with Crippen molar-refractivity contribution in [2.45, 2.75) is 57.6 Å². The zero-order chi connectivity index (χ0) is 28.5. The van der Waals surface area contributed by atoms with Crippen molar-refractivity contribution < 1.29 is 24.2 Å². The molecule has 0 bridgehead atoms. The molecular weight excluding hydrogens is 492 g/mol. The van der Waals surface area contributed by atoms with E-state index in [1.165, 1.54) is 0 Å². The molecule has 4 atom stereocenters. The van der Waals surface area contributed by atoms with Crippen LogP contribution in [0.25, 0.3) is 0 Å². The van der Waals surface area contributed by atoms with Crippen molar-refractivity contribution in [1.82, 2.24) is 10.6 Å². The molecule has 0 heterocycles. The van der Waals surface area contributed by atoms with E-state index in [0.29, 0.717) is 32.1 Å². The molecule has 3 N–H and O–H groups in total. The van der Waals surface area contributed by atoms with Crippen LogP contribution in [0.15, 0.2) is 86.0 Å². The van der Waals surface area contributed by atoms with E-state index in [0.717, 1.165) is 11.1 Å². The molecule has 210 valence electrons. The van der Waals surface area contributed by atoms with Crippen LogP contribution in [-0.4, -0.2) is 48.2 Å². The zero-order valence-electron chi connectivity index (χ0n) is 22.9. The van der Waals surface area contributed by atoms with E-state index < -0.39 is 18.1 Å². The summed E-state index contributed by atoms with van der Waals surface area (Å²) in [7, 11) is 0. The Morgan fingerprint density at radius 1 is 0.923 bits per heavy atom. The third kappa shape index (κ3) is 12.1. The molecule has 0 saturated heterocycles. The van der Waals surface area contributed by atoms with Gasteiger partial charge in [0.25, 0.3) is 0 Å². The molecule has 0 aliphatic rings. The molecular formula is C32H42N2O5. The van der Waals surface area contributed by atoms with Crippen molar-refractivity contribution in [2.24, 2.45) is 11.8 Å². The first kappa shape index (κ1) is 31.5. The first-order chi connectivity index (χ1) is 18.9. The minimum Gasteiger partial charge on any atom is -0.461 e. The summed E-state index contributed by atoms with van der Waals surface area (Å²) in [6, 6.07) is 18.9. The fourth-order valence-corrected chi connectivity index (χ4v) is 4.30. The quantitative estimate of drug-likeness (QED) is 0.197. The fraction of sp³-hybridized carbons (Fsp3) is 0.406. The van der Waals surface area contributed by atoms with Gasteiger partial charge in [-0.25, -0.2) is 0 Å². The number of aliphatic hydroxyl groups excluding tert-OH is 1. The maximum Gasteiger partial charge on any atom is 0.309 e. The molecule has 39 heavy (non-hydrogen) atoms. The van der Waals surface area contributed by atoms with Gasteiger partial charge in [-0.2, -0.15) is 0 Å². The summed E-state index contributed by atoms with van der Waals surface area (Å²) in [5, 5.41) is 15.3. The van der Waals surface area contributed by atoms with Gasteiger partial charge in [0.2, 0.25) is 11.8 Å². The van der Waals surface area contributed by atoms with Crippen LogP contribution in [0.4, 0.5) is 0 Å². The number of nitrogens with one attached hydrogen (secondary N) is 2. The van der Waals surface area contributed by atoms with E-state index in [1.807, 2.05) is 60.7 Å². The number of amides is 2. The van der Waals surface area contributed by atoms with Gasteiger partial charge in [-0.1, -0.05) is 72.8 Å². The number of hydrogen-bond donors (Lipinski definition) is 3. The highest BCUT2D eigenvalue weighted by Crippen LogP contribution is 2.17. The van der Waals surface area contributed by atoms with Crippen LogP contribution < -0.4 is 10.6 Å². The summed E-state index contributed by atoms with van der Waals surface area (Å²) in [4.78, 5) is 38.5. The highest BCUT2D eigenvalue weighted by atomic mass is 16.5. The van der Waals surface area contributed by atoms with E-state index in [9.17, 15) is 19.5 Å².